The zero-order valence-electron chi connectivity index (χ0n) is 22.6. The van der Waals surface area contributed by atoms with E-state index in [4.69, 9.17) is 16.3 Å². The lowest BCUT2D eigenvalue weighted by Crippen LogP contribution is -2.26. The number of hydrogen-bond donors (Lipinski definition) is 3. The van der Waals surface area contributed by atoms with E-state index < -0.39 is 5.97 Å². The molecule has 198 valence electrons. The molecule has 3 aromatic rings. The summed E-state index contributed by atoms with van der Waals surface area (Å²) >= 11 is 0. The van der Waals surface area contributed by atoms with Crippen LogP contribution in [0, 0.1) is 13.8 Å². The predicted molar refractivity (Wildman–Crippen MR) is 151 cm³/mol. The van der Waals surface area contributed by atoms with Gasteiger partial charge in [-0.15, -0.1) is 0 Å². The number of carboxylic acids is 1. The van der Waals surface area contributed by atoms with Gasteiger partial charge in [0, 0.05) is 38.2 Å². The van der Waals surface area contributed by atoms with Gasteiger partial charge in [0.25, 0.3) is 0 Å². The second kappa shape index (κ2) is 12.6. The van der Waals surface area contributed by atoms with E-state index >= 15 is 0 Å². The van der Waals surface area contributed by atoms with Gasteiger partial charge in [0.05, 0.1) is 17.8 Å². The summed E-state index contributed by atoms with van der Waals surface area (Å²) in [7, 11) is 1.73. The molecule has 0 bridgehead atoms. The van der Waals surface area contributed by atoms with Crippen molar-refractivity contribution in [3.63, 3.8) is 0 Å². The first kappa shape index (κ1) is 28.0. The number of benzene rings is 3. The van der Waals surface area contributed by atoms with Gasteiger partial charge in [0.15, 0.2) is 0 Å². The van der Waals surface area contributed by atoms with E-state index in [1.165, 1.54) is 21.7 Å². The van der Waals surface area contributed by atoms with Crippen molar-refractivity contribution in [2.75, 3.05) is 30.9 Å². The van der Waals surface area contributed by atoms with Gasteiger partial charge in [-0.05, 0) is 53.8 Å². The third-order valence-corrected chi connectivity index (χ3v) is 6.87. The molecule has 0 aromatic heterocycles. The number of fused-ring (bicyclic) bond motifs is 1. The van der Waals surface area contributed by atoms with Crippen LogP contribution in [0.15, 0.2) is 54.6 Å². The summed E-state index contributed by atoms with van der Waals surface area (Å²) in [6, 6.07) is 18.2. The van der Waals surface area contributed by atoms with Gasteiger partial charge in [0.2, 0.25) is 0 Å². The lowest BCUT2D eigenvalue weighted by Gasteiger charge is -2.25. The van der Waals surface area contributed by atoms with Crippen LogP contribution in [-0.4, -0.2) is 36.2 Å². The number of nitrogens with two attached hydrogens (primary N) is 2. The average Bonchev–Trinajstić information content (AvgIpc) is 3.08. The standard InChI is InChI=1S/C28H34N4O3.C2H6/c1-18-8-9-20(14-22(18)17-32-12-13-35-26-7-5-4-6-21(26)16-32)24(15-27(33)34)23-10-11-25(31(3)30)28(29)19(23)2;1-2/h4-11,14,24H,12-13,15-17,29-30H2,1-3H3,(H,33,34);1-2H3. The number of hydrazine groups is 1. The third kappa shape index (κ3) is 6.61. The average molecular weight is 505 g/mol. The second-order valence-electron chi connectivity index (χ2n) is 9.33. The smallest absolute Gasteiger partial charge is 0.304 e. The predicted octanol–water partition coefficient (Wildman–Crippen LogP) is 5.22. The van der Waals surface area contributed by atoms with Crippen molar-refractivity contribution in [2.45, 2.75) is 53.1 Å². The van der Waals surface area contributed by atoms with Crippen molar-refractivity contribution in [2.24, 2.45) is 5.84 Å². The number of para-hydroxylation sites is 1. The van der Waals surface area contributed by atoms with Crippen LogP contribution in [0.25, 0.3) is 0 Å². The maximum Gasteiger partial charge on any atom is 0.304 e. The Morgan fingerprint density at radius 1 is 1.14 bits per heavy atom. The van der Waals surface area contributed by atoms with E-state index in [-0.39, 0.29) is 12.3 Å². The van der Waals surface area contributed by atoms with Crippen LogP contribution < -0.4 is 21.3 Å². The Hall–Kier alpha value is -3.55. The molecule has 4 rings (SSSR count). The van der Waals surface area contributed by atoms with Gasteiger partial charge in [0.1, 0.15) is 12.4 Å². The number of rotatable bonds is 7. The fourth-order valence-electron chi connectivity index (χ4n) is 4.83. The van der Waals surface area contributed by atoms with Crippen LogP contribution in [0.4, 0.5) is 11.4 Å². The summed E-state index contributed by atoms with van der Waals surface area (Å²) in [6.07, 6.45) is -0.0223. The van der Waals surface area contributed by atoms with Crippen molar-refractivity contribution in [3.8, 4) is 5.75 Å². The minimum absolute atomic E-state index is 0.0223. The Morgan fingerprint density at radius 2 is 1.86 bits per heavy atom. The fraction of sp³-hybridized carbons (Fsp3) is 0.367. The second-order valence-corrected chi connectivity index (χ2v) is 9.33. The molecule has 0 saturated carbocycles. The number of anilines is 2. The Morgan fingerprint density at radius 3 is 2.57 bits per heavy atom. The highest BCUT2D eigenvalue weighted by Gasteiger charge is 2.23. The van der Waals surface area contributed by atoms with Crippen LogP contribution in [0.5, 0.6) is 5.75 Å². The number of carbonyl (C=O) groups is 1. The largest absolute Gasteiger partial charge is 0.492 e. The maximum atomic E-state index is 11.9. The van der Waals surface area contributed by atoms with Gasteiger partial charge < -0.3 is 20.6 Å². The topological polar surface area (TPSA) is 105 Å². The zero-order valence-corrected chi connectivity index (χ0v) is 22.6. The Balaban J connectivity index is 0.00000186. The first-order valence-electron chi connectivity index (χ1n) is 12.9. The molecular weight excluding hydrogens is 464 g/mol. The highest BCUT2D eigenvalue weighted by Crippen LogP contribution is 2.37. The molecule has 37 heavy (non-hydrogen) atoms. The normalized spacial score (nSPS) is 13.9. The zero-order chi connectivity index (χ0) is 27.1. The fourth-order valence-corrected chi connectivity index (χ4v) is 4.83. The van der Waals surface area contributed by atoms with Crippen molar-refractivity contribution in [3.05, 3.63) is 88.0 Å². The molecule has 0 spiro atoms. The van der Waals surface area contributed by atoms with Gasteiger partial charge in [-0.1, -0.05) is 56.3 Å². The monoisotopic (exact) mass is 504 g/mol. The van der Waals surface area contributed by atoms with Gasteiger partial charge >= 0.3 is 5.97 Å². The molecule has 0 amide bonds. The molecule has 1 heterocycles. The molecule has 0 aliphatic carbocycles. The van der Waals surface area contributed by atoms with Crippen molar-refractivity contribution in [1.82, 2.24) is 4.90 Å². The summed E-state index contributed by atoms with van der Waals surface area (Å²) in [5.41, 5.74) is 13.9. The van der Waals surface area contributed by atoms with Gasteiger partial charge in [-0.25, -0.2) is 5.84 Å². The van der Waals surface area contributed by atoms with Crippen LogP contribution >= 0.6 is 0 Å². The molecule has 1 unspecified atom stereocenters. The number of ether oxygens (including phenoxy) is 1. The van der Waals surface area contributed by atoms with E-state index in [1.54, 1.807) is 7.05 Å². The molecule has 7 heteroatoms. The quantitative estimate of drug-likeness (QED) is 0.230. The highest BCUT2D eigenvalue weighted by molar-refractivity contribution is 5.74. The molecule has 5 N–H and O–H groups in total. The number of carboxylic acid groups (broad SMARTS) is 1. The number of nitrogen functional groups attached to an aromatic ring is 1. The van der Waals surface area contributed by atoms with E-state index in [1.807, 2.05) is 57.2 Å². The molecular formula is C30H40N4O3. The van der Waals surface area contributed by atoms with E-state index in [0.29, 0.717) is 18.0 Å². The van der Waals surface area contributed by atoms with Gasteiger partial charge in [-0.3, -0.25) is 9.69 Å². The minimum Gasteiger partial charge on any atom is -0.492 e. The summed E-state index contributed by atoms with van der Waals surface area (Å²) in [4.78, 5) is 14.2. The SMILES string of the molecule is CC.Cc1ccc(C(CC(=O)O)c2ccc(N(C)N)c(N)c2C)cc1CN1CCOc2ccccc2C1. The van der Waals surface area contributed by atoms with Crippen molar-refractivity contribution < 1.29 is 14.6 Å². The van der Waals surface area contributed by atoms with E-state index in [2.05, 4.69) is 30.0 Å². The molecule has 1 aliphatic rings. The summed E-state index contributed by atoms with van der Waals surface area (Å²) < 4.78 is 5.93. The number of aliphatic carboxylic acids is 1. The lowest BCUT2D eigenvalue weighted by atomic mass is 9.84. The van der Waals surface area contributed by atoms with Crippen molar-refractivity contribution >= 4 is 17.3 Å². The molecule has 0 fully saturated rings. The molecule has 0 radical (unpaired) electrons. The van der Waals surface area contributed by atoms with Gasteiger partial charge in [-0.2, -0.15) is 0 Å². The number of aryl methyl sites for hydroxylation is 1. The maximum absolute atomic E-state index is 11.9. The Labute approximate surface area is 220 Å². The molecule has 3 aromatic carbocycles. The molecule has 1 atom stereocenters. The number of hydrogen-bond acceptors (Lipinski definition) is 6. The molecule has 1 aliphatic heterocycles. The van der Waals surface area contributed by atoms with E-state index in [9.17, 15) is 9.90 Å². The summed E-state index contributed by atoms with van der Waals surface area (Å²) in [6.45, 7) is 11.1. The summed E-state index contributed by atoms with van der Waals surface area (Å²) in [5, 5.41) is 11.2. The third-order valence-electron chi connectivity index (χ3n) is 6.87. The van der Waals surface area contributed by atoms with Crippen LogP contribution in [0.1, 0.15) is 59.6 Å². The summed E-state index contributed by atoms with van der Waals surface area (Å²) in [5.74, 6) is 5.69. The highest BCUT2D eigenvalue weighted by atomic mass is 16.5. The van der Waals surface area contributed by atoms with E-state index in [0.717, 1.165) is 42.1 Å². The van der Waals surface area contributed by atoms with Crippen LogP contribution in [-0.2, 0) is 17.9 Å². The minimum atomic E-state index is -0.851. The Kier molecular flexibility index (Phi) is 9.55. The first-order chi connectivity index (χ1) is 17.7. The van der Waals surface area contributed by atoms with Crippen molar-refractivity contribution in [1.29, 1.82) is 0 Å². The van der Waals surface area contributed by atoms with Crippen LogP contribution in [0.3, 0.4) is 0 Å². The Bertz CT molecular complexity index is 1230. The lowest BCUT2D eigenvalue weighted by molar-refractivity contribution is -0.137. The number of nitrogens with zero attached hydrogens (tertiary/aromatic N) is 2. The molecule has 0 saturated heterocycles. The van der Waals surface area contributed by atoms with Crippen LogP contribution in [0.2, 0.25) is 0 Å². The first-order valence-corrected chi connectivity index (χ1v) is 12.9. The molecule has 7 nitrogen and oxygen atoms in total.